The Labute approximate surface area is 98.2 Å². The molecule has 0 aliphatic carbocycles. The third-order valence-electron chi connectivity index (χ3n) is 2.48. The first-order valence-corrected chi connectivity index (χ1v) is 5.37. The van der Waals surface area contributed by atoms with Crippen molar-refractivity contribution in [3.63, 3.8) is 0 Å². The number of nitrogens with two attached hydrogens (primary N) is 1. The van der Waals surface area contributed by atoms with Crippen LogP contribution in [0, 0.1) is 0 Å². The van der Waals surface area contributed by atoms with E-state index in [1.54, 1.807) is 12.4 Å². The van der Waals surface area contributed by atoms with Crippen LogP contribution in [0.4, 0.5) is 0 Å². The Morgan fingerprint density at radius 1 is 1.44 bits per heavy atom. The molecule has 0 saturated heterocycles. The summed E-state index contributed by atoms with van der Waals surface area (Å²) in [5, 5.41) is 1.42. The summed E-state index contributed by atoms with van der Waals surface area (Å²) < 4.78 is 0. The van der Waals surface area contributed by atoms with E-state index >= 15 is 0 Å². The average Bonchev–Trinajstić information content (AvgIpc) is 2.29. The molecule has 0 aliphatic heterocycles. The highest BCUT2D eigenvalue weighted by molar-refractivity contribution is 6.30. The van der Waals surface area contributed by atoms with E-state index in [2.05, 4.69) is 4.98 Å². The van der Waals surface area contributed by atoms with Crippen molar-refractivity contribution in [2.45, 2.75) is 11.8 Å². The number of alkyl halides is 1. The topological polar surface area (TPSA) is 56.0 Å². The van der Waals surface area contributed by atoms with Crippen molar-refractivity contribution in [3.8, 4) is 0 Å². The van der Waals surface area contributed by atoms with Gasteiger partial charge in [-0.1, -0.05) is 18.2 Å². The molecule has 4 heteroatoms. The Morgan fingerprint density at radius 2 is 2.25 bits per heavy atom. The molecule has 1 heterocycles. The van der Waals surface area contributed by atoms with Gasteiger partial charge in [0.2, 0.25) is 5.91 Å². The van der Waals surface area contributed by atoms with Crippen LogP contribution in [0.5, 0.6) is 0 Å². The zero-order valence-electron chi connectivity index (χ0n) is 8.56. The number of pyridine rings is 1. The van der Waals surface area contributed by atoms with E-state index in [1.807, 2.05) is 24.3 Å². The van der Waals surface area contributed by atoms with Gasteiger partial charge in [-0.05, 0) is 23.4 Å². The lowest BCUT2D eigenvalue weighted by Gasteiger charge is -2.08. The first-order chi connectivity index (χ1) is 7.68. The van der Waals surface area contributed by atoms with Gasteiger partial charge in [-0.3, -0.25) is 9.78 Å². The van der Waals surface area contributed by atoms with E-state index in [1.165, 1.54) is 0 Å². The average molecular weight is 235 g/mol. The standard InChI is InChI=1S/C12H11ClN2O/c13-11(12(14)16)6-9-3-1-2-8-4-5-15-7-10(8)9/h1-5,7,11H,6H2,(H2,14,16). The van der Waals surface area contributed by atoms with Crippen LogP contribution in [-0.2, 0) is 11.2 Å². The number of primary amides is 1. The van der Waals surface area contributed by atoms with Crippen LogP contribution in [0.1, 0.15) is 5.56 Å². The summed E-state index contributed by atoms with van der Waals surface area (Å²) in [6.45, 7) is 0. The number of benzene rings is 1. The third-order valence-corrected chi connectivity index (χ3v) is 2.85. The monoisotopic (exact) mass is 234 g/mol. The molecule has 82 valence electrons. The van der Waals surface area contributed by atoms with Crippen LogP contribution in [0.3, 0.4) is 0 Å². The van der Waals surface area contributed by atoms with Crippen molar-refractivity contribution in [3.05, 3.63) is 42.2 Å². The van der Waals surface area contributed by atoms with Crippen LogP contribution < -0.4 is 5.73 Å². The molecular weight excluding hydrogens is 224 g/mol. The highest BCUT2D eigenvalue weighted by Crippen LogP contribution is 2.19. The van der Waals surface area contributed by atoms with Crippen LogP contribution in [0.25, 0.3) is 10.8 Å². The molecule has 1 aromatic carbocycles. The minimum absolute atomic E-state index is 0.430. The van der Waals surface area contributed by atoms with E-state index < -0.39 is 11.3 Å². The number of carbonyl (C=O) groups is 1. The van der Waals surface area contributed by atoms with Gasteiger partial charge in [0.15, 0.2) is 0 Å². The highest BCUT2D eigenvalue weighted by Gasteiger charge is 2.13. The molecule has 0 radical (unpaired) electrons. The summed E-state index contributed by atoms with van der Waals surface area (Å²) in [5.74, 6) is -0.498. The molecule has 0 fully saturated rings. The maximum Gasteiger partial charge on any atom is 0.235 e. The molecule has 3 nitrogen and oxygen atoms in total. The minimum atomic E-state index is -0.675. The number of amides is 1. The summed E-state index contributed by atoms with van der Waals surface area (Å²) in [6.07, 6.45) is 3.94. The van der Waals surface area contributed by atoms with E-state index in [9.17, 15) is 4.79 Å². The van der Waals surface area contributed by atoms with Gasteiger partial charge >= 0.3 is 0 Å². The SMILES string of the molecule is NC(=O)C(Cl)Cc1cccc2ccncc12. The molecule has 1 aromatic heterocycles. The summed E-state index contributed by atoms with van der Waals surface area (Å²) in [5.41, 5.74) is 6.13. The first kappa shape index (κ1) is 10.9. The van der Waals surface area contributed by atoms with Gasteiger partial charge in [0.05, 0.1) is 0 Å². The Kier molecular flexibility index (Phi) is 3.06. The molecule has 1 unspecified atom stereocenters. The van der Waals surface area contributed by atoms with Gasteiger partial charge < -0.3 is 5.73 Å². The van der Waals surface area contributed by atoms with Gasteiger partial charge in [0.25, 0.3) is 0 Å². The van der Waals surface area contributed by atoms with Crippen molar-refractivity contribution >= 4 is 28.3 Å². The van der Waals surface area contributed by atoms with Gasteiger partial charge in [0, 0.05) is 17.8 Å². The Morgan fingerprint density at radius 3 is 3.00 bits per heavy atom. The molecule has 0 aliphatic rings. The normalized spacial score (nSPS) is 12.6. The molecule has 0 saturated carbocycles. The van der Waals surface area contributed by atoms with Crippen molar-refractivity contribution in [1.82, 2.24) is 4.98 Å². The van der Waals surface area contributed by atoms with Gasteiger partial charge in [-0.25, -0.2) is 0 Å². The number of hydrogen-bond donors (Lipinski definition) is 1. The fourth-order valence-electron chi connectivity index (χ4n) is 1.65. The van der Waals surface area contributed by atoms with Gasteiger partial charge in [-0.15, -0.1) is 11.6 Å². The molecule has 0 spiro atoms. The second-order valence-electron chi connectivity index (χ2n) is 3.59. The predicted molar refractivity (Wildman–Crippen MR) is 64.3 cm³/mol. The van der Waals surface area contributed by atoms with Crippen molar-refractivity contribution < 1.29 is 4.79 Å². The predicted octanol–water partition coefficient (Wildman–Crippen LogP) is 1.87. The molecule has 2 N–H and O–H groups in total. The maximum atomic E-state index is 10.9. The number of nitrogens with zero attached hydrogens (tertiary/aromatic N) is 1. The Hall–Kier alpha value is -1.61. The second kappa shape index (κ2) is 4.49. The number of halogens is 1. The van der Waals surface area contributed by atoms with Crippen molar-refractivity contribution in [1.29, 1.82) is 0 Å². The maximum absolute atomic E-state index is 10.9. The lowest BCUT2D eigenvalue weighted by Crippen LogP contribution is -2.25. The van der Waals surface area contributed by atoms with E-state index in [0.29, 0.717) is 6.42 Å². The summed E-state index contributed by atoms with van der Waals surface area (Å²) >= 11 is 5.86. The van der Waals surface area contributed by atoms with E-state index in [4.69, 9.17) is 17.3 Å². The van der Waals surface area contributed by atoms with Crippen molar-refractivity contribution in [2.75, 3.05) is 0 Å². The first-order valence-electron chi connectivity index (χ1n) is 4.93. The van der Waals surface area contributed by atoms with Gasteiger partial charge in [0.1, 0.15) is 5.38 Å². The fraction of sp³-hybridized carbons (Fsp3) is 0.167. The van der Waals surface area contributed by atoms with Crippen LogP contribution in [0.15, 0.2) is 36.7 Å². The Bertz CT molecular complexity index is 522. The number of aromatic nitrogens is 1. The molecule has 1 atom stereocenters. The van der Waals surface area contributed by atoms with Crippen LogP contribution >= 0.6 is 11.6 Å². The van der Waals surface area contributed by atoms with E-state index in [-0.39, 0.29) is 0 Å². The smallest absolute Gasteiger partial charge is 0.235 e. The van der Waals surface area contributed by atoms with Crippen molar-refractivity contribution in [2.24, 2.45) is 5.73 Å². The minimum Gasteiger partial charge on any atom is -0.368 e. The molecular formula is C12H11ClN2O. The number of hydrogen-bond acceptors (Lipinski definition) is 2. The molecule has 16 heavy (non-hydrogen) atoms. The highest BCUT2D eigenvalue weighted by atomic mass is 35.5. The molecule has 1 amide bonds. The Balaban J connectivity index is 2.41. The number of fused-ring (bicyclic) bond motifs is 1. The lowest BCUT2D eigenvalue weighted by molar-refractivity contribution is -0.117. The van der Waals surface area contributed by atoms with Crippen LogP contribution in [0.2, 0.25) is 0 Å². The fourth-order valence-corrected chi connectivity index (χ4v) is 1.81. The number of rotatable bonds is 3. The molecule has 0 bridgehead atoms. The van der Waals surface area contributed by atoms with Crippen LogP contribution in [-0.4, -0.2) is 16.3 Å². The number of carbonyl (C=O) groups excluding carboxylic acids is 1. The summed E-state index contributed by atoms with van der Waals surface area (Å²) in [7, 11) is 0. The second-order valence-corrected chi connectivity index (χ2v) is 4.11. The van der Waals surface area contributed by atoms with E-state index in [0.717, 1.165) is 16.3 Å². The summed E-state index contributed by atoms with van der Waals surface area (Å²) in [6, 6.07) is 7.78. The van der Waals surface area contributed by atoms with Gasteiger partial charge in [-0.2, -0.15) is 0 Å². The molecule has 2 aromatic rings. The largest absolute Gasteiger partial charge is 0.368 e. The zero-order chi connectivity index (χ0) is 11.5. The molecule has 2 rings (SSSR count). The third kappa shape index (κ3) is 2.14. The zero-order valence-corrected chi connectivity index (χ0v) is 9.32. The summed E-state index contributed by atoms with van der Waals surface area (Å²) in [4.78, 5) is 15.0. The quantitative estimate of drug-likeness (QED) is 0.825. The lowest BCUT2D eigenvalue weighted by atomic mass is 10.0.